The highest BCUT2D eigenvalue weighted by molar-refractivity contribution is 14.1. The molecule has 0 aliphatic heterocycles. The van der Waals surface area contributed by atoms with Gasteiger partial charge in [-0.15, -0.1) is 0 Å². The van der Waals surface area contributed by atoms with Gasteiger partial charge in [-0.3, -0.25) is 4.79 Å². The second kappa shape index (κ2) is 3.00. The monoisotopic (exact) mass is 292 g/mol. The number of hydrogen-bond donors (Lipinski definition) is 0. The Morgan fingerprint density at radius 3 is 2.83 bits per heavy atom. The molecule has 0 heterocycles. The lowest BCUT2D eigenvalue weighted by Gasteiger charge is -2.00. The van der Waals surface area contributed by atoms with Crippen molar-refractivity contribution in [3.05, 3.63) is 31.9 Å². The topological polar surface area (TPSA) is 17.1 Å². The summed E-state index contributed by atoms with van der Waals surface area (Å²) in [4.78, 5) is 11.3. The van der Waals surface area contributed by atoms with Crippen molar-refractivity contribution < 1.29 is 4.79 Å². The molecule has 1 aliphatic rings. The Morgan fingerprint density at radius 2 is 2.08 bits per heavy atom. The molecule has 1 nitrogen and oxygen atoms in total. The van der Waals surface area contributed by atoms with Gasteiger partial charge in [0.15, 0.2) is 5.78 Å². The van der Waals surface area contributed by atoms with E-state index < -0.39 is 0 Å². The van der Waals surface area contributed by atoms with Gasteiger partial charge in [0.2, 0.25) is 0 Å². The third kappa shape index (κ3) is 1.27. The number of halogens is 2. The molecular formula is C9H6ClIO. The molecule has 0 amide bonds. The molecule has 2 rings (SSSR count). The first-order valence-electron chi connectivity index (χ1n) is 3.69. The number of hydrogen-bond acceptors (Lipinski definition) is 1. The van der Waals surface area contributed by atoms with Crippen LogP contribution >= 0.6 is 34.2 Å². The summed E-state index contributed by atoms with van der Waals surface area (Å²) in [5.41, 5.74) is 1.86. The van der Waals surface area contributed by atoms with Crippen LogP contribution in [0, 0.1) is 3.57 Å². The third-order valence-electron chi connectivity index (χ3n) is 2.04. The van der Waals surface area contributed by atoms with Gasteiger partial charge >= 0.3 is 0 Å². The van der Waals surface area contributed by atoms with Crippen LogP contribution in [0.15, 0.2) is 12.1 Å². The molecule has 1 aromatic rings. The fraction of sp³-hybridized carbons (Fsp3) is 0.222. The lowest BCUT2D eigenvalue weighted by Crippen LogP contribution is -1.92. The van der Waals surface area contributed by atoms with Crippen LogP contribution in [0.25, 0.3) is 0 Å². The summed E-state index contributed by atoms with van der Waals surface area (Å²) in [5, 5.41) is 0.611. The third-order valence-corrected chi connectivity index (χ3v) is 2.96. The molecule has 0 fully saturated rings. The highest BCUT2D eigenvalue weighted by Gasteiger charge is 2.22. The van der Waals surface area contributed by atoms with E-state index in [1.54, 1.807) is 0 Å². The maximum Gasteiger partial charge on any atom is 0.164 e. The van der Waals surface area contributed by atoms with E-state index in [-0.39, 0.29) is 5.78 Å². The smallest absolute Gasteiger partial charge is 0.164 e. The number of rotatable bonds is 0. The van der Waals surface area contributed by atoms with Crippen molar-refractivity contribution in [2.75, 3.05) is 0 Å². The standard InChI is InChI=1S/C9H6ClIO/c10-7-4-6(11)3-5-1-2-8(12)9(5)7/h3-4H,1-2H2. The highest BCUT2D eigenvalue weighted by Crippen LogP contribution is 2.30. The zero-order valence-electron chi connectivity index (χ0n) is 6.23. The molecule has 0 saturated heterocycles. The molecule has 3 heteroatoms. The van der Waals surface area contributed by atoms with Crippen molar-refractivity contribution in [3.63, 3.8) is 0 Å². The lowest BCUT2D eigenvalue weighted by molar-refractivity contribution is 0.0994. The van der Waals surface area contributed by atoms with Crippen molar-refractivity contribution >= 4 is 40.0 Å². The predicted octanol–water partition coefficient (Wildman–Crippen LogP) is 3.07. The molecule has 12 heavy (non-hydrogen) atoms. The van der Waals surface area contributed by atoms with E-state index in [0.717, 1.165) is 21.1 Å². The van der Waals surface area contributed by atoms with Crippen molar-refractivity contribution in [2.45, 2.75) is 12.8 Å². The number of Topliss-reactive ketones (excluding diaryl/α,β-unsaturated/α-hetero) is 1. The normalized spacial score (nSPS) is 15.0. The summed E-state index contributed by atoms with van der Waals surface area (Å²) >= 11 is 8.15. The zero-order valence-corrected chi connectivity index (χ0v) is 9.15. The van der Waals surface area contributed by atoms with Gasteiger partial charge in [-0.2, -0.15) is 0 Å². The maximum absolute atomic E-state index is 11.3. The van der Waals surface area contributed by atoms with Crippen LogP contribution in [0.5, 0.6) is 0 Å². The van der Waals surface area contributed by atoms with Crippen LogP contribution in [0.1, 0.15) is 22.3 Å². The van der Waals surface area contributed by atoms with Gasteiger partial charge in [0.05, 0.1) is 5.02 Å². The van der Waals surface area contributed by atoms with Gasteiger partial charge in [0.1, 0.15) is 0 Å². The average molecular weight is 293 g/mol. The summed E-state index contributed by atoms with van der Waals surface area (Å²) in [6.07, 6.45) is 1.47. The second-order valence-electron chi connectivity index (χ2n) is 2.84. The van der Waals surface area contributed by atoms with E-state index in [0.29, 0.717) is 11.4 Å². The summed E-state index contributed by atoms with van der Waals surface area (Å²) in [6.45, 7) is 0. The molecule has 0 saturated carbocycles. The van der Waals surface area contributed by atoms with Gasteiger partial charge in [0.25, 0.3) is 0 Å². The number of fused-ring (bicyclic) bond motifs is 1. The minimum atomic E-state index is 0.186. The van der Waals surface area contributed by atoms with Crippen LogP contribution in [0.2, 0.25) is 5.02 Å². The van der Waals surface area contributed by atoms with E-state index in [2.05, 4.69) is 22.6 Å². The Hall–Kier alpha value is -0.0900. The molecule has 0 spiro atoms. The predicted molar refractivity (Wildman–Crippen MR) is 56.8 cm³/mol. The van der Waals surface area contributed by atoms with E-state index in [1.807, 2.05) is 12.1 Å². The van der Waals surface area contributed by atoms with Crippen LogP contribution in [-0.4, -0.2) is 5.78 Å². The molecule has 1 aromatic carbocycles. The number of ketones is 1. The fourth-order valence-electron chi connectivity index (χ4n) is 1.51. The van der Waals surface area contributed by atoms with Crippen molar-refractivity contribution in [2.24, 2.45) is 0 Å². The Labute approximate surface area is 89.2 Å². The van der Waals surface area contributed by atoms with Gasteiger partial charge in [-0.25, -0.2) is 0 Å². The van der Waals surface area contributed by atoms with Crippen molar-refractivity contribution in [3.8, 4) is 0 Å². The fourth-order valence-corrected chi connectivity index (χ4v) is 2.73. The van der Waals surface area contributed by atoms with Crippen LogP contribution < -0.4 is 0 Å². The average Bonchev–Trinajstić information content (AvgIpc) is 2.31. The first-order valence-corrected chi connectivity index (χ1v) is 5.15. The molecule has 1 aliphatic carbocycles. The van der Waals surface area contributed by atoms with Gasteiger partial charge in [-0.05, 0) is 46.7 Å². The summed E-state index contributed by atoms with van der Waals surface area (Å²) in [7, 11) is 0. The zero-order chi connectivity index (χ0) is 8.72. The molecule has 0 atom stereocenters. The van der Waals surface area contributed by atoms with Crippen molar-refractivity contribution in [1.82, 2.24) is 0 Å². The minimum absolute atomic E-state index is 0.186. The number of benzene rings is 1. The molecular weight excluding hydrogens is 286 g/mol. The summed E-state index contributed by atoms with van der Waals surface area (Å²) < 4.78 is 1.10. The second-order valence-corrected chi connectivity index (χ2v) is 4.50. The molecule has 0 unspecified atom stereocenters. The molecule has 0 N–H and O–H groups in total. The Kier molecular flexibility index (Phi) is 2.12. The van der Waals surface area contributed by atoms with Gasteiger partial charge in [-0.1, -0.05) is 11.6 Å². The minimum Gasteiger partial charge on any atom is -0.294 e. The molecule has 0 radical (unpaired) electrons. The van der Waals surface area contributed by atoms with E-state index >= 15 is 0 Å². The highest BCUT2D eigenvalue weighted by atomic mass is 127. The molecule has 0 aromatic heterocycles. The summed E-state index contributed by atoms with van der Waals surface area (Å²) in [6, 6.07) is 3.87. The van der Waals surface area contributed by atoms with Crippen LogP contribution in [0.3, 0.4) is 0 Å². The van der Waals surface area contributed by atoms with E-state index in [9.17, 15) is 4.79 Å². The quantitative estimate of drug-likeness (QED) is 0.672. The SMILES string of the molecule is O=C1CCc2cc(I)cc(Cl)c21. The van der Waals surface area contributed by atoms with E-state index in [4.69, 9.17) is 11.6 Å². The molecule has 62 valence electrons. The van der Waals surface area contributed by atoms with Crippen LogP contribution in [-0.2, 0) is 6.42 Å². The first kappa shape index (κ1) is 8.51. The lowest BCUT2D eigenvalue weighted by atomic mass is 10.1. The number of carbonyl (C=O) groups excluding carboxylic acids is 1. The Morgan fingerprint density at radius 1 is 1.33 bits per heavy atom. The maximum atomic E-state index is 11.3. The van der Waals surface area contributed by atoms with Crippen LogP contribution in [0.4, 0.5) is 0 Å². The summed E-state index contributed by atoms with van der Waals surface area (Å²) in [5.74, 6) is 0.186. The Balaban J connectivity index is 2.68. The van der Waals surface area contributed by atoms with Crippen molar-refractivity contribution in [1.29, 1.82) is 0 Å². The van der Waals surface area contributed by atoms with Gasteiger partial charge < -0.3 is 0 Å². The number of carbonyl (C=O) groups is 1. The molecule has 0 bridgehead atoms. The first-order chi connectivity index (χ1) is 5.68. The Bertz CT molecular complexity index is 360. The largest absolute Gasteiger partial charge is 0.294 e. The van der Waals surface area contributed by atoms with Gasteiger partial charge in [0, 0.05) is 15.6 Å². The number of aryl methyl sites for hydroxylation is 1. The van der Waals surface area contributed by atoms with E-state index in [1.165, 1.54) is 0 Å².